The second-order valence-electron chi connectivity index (χ2n) is 4.88. The van der Waals surface area contributed by atoms with Crippen molar-refractivity contribution in [3.05, 3.63) is 63.6 Å². The van der Waals surface area contributed by atoms with Gasteiger partial charge in [0.15, 0.2) is 0 Å². The SMILES string of the molecule is CC(CC(=O)OCc1nc(Cl)ccc1Cl)c1ccc(F)cc1. The lowest BCUT2D eigenvalue weighted by molar-refractivity contribution is -0.145. The summed E-state index contributed by atoms with van der Waals surface area (Å²) in [5.74, 6) is -0.759. The van der Waals surface area contributed by atoms with Crippen LogP contribution in [0.3, 0.4) is 0 Å². The summed E-state index contributed by atoms with van der Waals surface area (Å²) in [6, 6.07) is 9.21. The Kier molecular flexibility index (Phi) is 5.75. The normalized spacial score (nSPS) is 12.0. The van der Waals surface area contributed by atoms with Crippen LogP contribution in [0, 0.1) is 5.82 Å². The number of nitrogens with zero attached hydrogens (tertiary/aromatic N) is 1. The van der Waals surface area contributed by atoms with Crippen LogP contribution < -0.4 is 0 Å². The molecule has 1 atom stereocenters. The molecule has 116 valence electrons. The van der Waals surface area contributed by atoms with Crippen LogP contribution in [0.2, 0.25) is 10.2 Å². The fraction of sp³-hybridized carbons (Fsp3) is 0.250. The molecule has 0 aliphatic carbocycles. The minimum absolute atomic E-state index is 0.0334. The Morgan fingerprint density at radius 2 is 1.91 bits per heavy atom. The number of carbonyl (C=O) groups excluding carboxylic acids is 1. The Morgan fingerprint density at radius 1 is 1.23 bits per heavy atom. The van der Waals surface area contributed by atoms with Gasteiger partial charge in [0.2, 0.25) is 0 Å². The van der Waals surface area contributed by atoms with E-state index in [4.69, 9.17) is 27.9 Å². The van der Waals surface area contributed by atoms with Gasteiger partial charge in [-0.05, 0) is 35.7 Å². The van der Waals surface area contributed by atoms with Crippen molar-refractivity contribution in [3.63, 3.8) is 0 Å². The highest BCUT2D eigenvalue weighted by Crippen LogP contribution is 2.21. The highest BCUT2D eigenvalue weighted by molar-refractivity contribution is 6.32. The van der Waals surface area contributed by atoms with Gasteiger partial charge in [-0.1, -0.05) is 42.3 Å². The van der Waals surface area contributed by atoms with Crippen molar-refractivity contribution in [2.75, 3.05) is 0 Å². The number of ether oxygens (including phenoxy) is 1. The Bertz CT molecular complexity index is 662. The predicted molar refractivity (Wildman–Crippen MR) is 83.5 cm³/mol. The quantitative estimate of drug-likeness (QED) is 0.581. The number of aromatic nitrogens is 1. The van der Waals surface area contributed by atoms with Gasteiger partial charge in [-0.3, -0.25) is 4.79 Å². The standard InChI is InChI=1S/C16H14Cl2FNO2/c1-10(11-2-4-12(19)5-3-11)8-16(21)22-9-14-13(17)6-7-15(18)20-14/h2-7,10H,8-9H2,1H3. The van der Waals surface area contributed by atoms with Crippen molar-refractivity contribution in [1.82, 2.24) is 4.98 Å². The van der Waals surface area contributed by atoms with E-state index in [1.165, 1.54) is 12.1 Å². The van der Waals surface area contributed by atoms with Crippen LogP contribution in [0.1, 0.15) is 30.5 Å². The molecule has 3 nitrogen and oxygen atoms in total. The Hall–Kier alpha value is -1.65. The predicted octanol–water partition coefficient (Wildman–Crippen LogP) is 4.76. The molecule has 0 saturated carbocycles. The highest BCUT2D eigenvalue weighted by Gasteiger charge is 2.14. The molecule has 0 amide bonds. The summed E-state index contributed by atoms with van der Waals surface area (Å²) >= 11 is 11.7. The summed E-state index contributed by atoms with van der Waals surface area (Å²) in [4.78, 5) is 15.9. The molecule has 6 heteroatoms. The molecule has 1 aromatic heterocycles. The average molecular weight is 342 g/mol. The van der Waals surface area contributed by atoms with E-state index in [0.29, 0.717) is 10.7 Å². The monoisotopic (exact) mass is 341 g/mol. The molecule has 1 aromatic carbocycles. The number of pyridine rings is 1. The van der Waals surface area contributed by atoms with Gasteiger partial charge >= 0.3 is 5.97 Å². The number of carbonyl (C=O) groups is 1. The van der Waals surface area contributed by atoms with Crippen LogP contribution in [0.5, 0.6) is 0 Å². The first kappa shape index (κ1) is 16.7. The molecule has 0 aliphatic rings. The minimum Gasteiger partial charge on any atom is -0.459 e. The molecular formula is C16H14Cl2FNO2. The summed E-state index contributed by atoms with van der Waals surface area (Å²) < 4.78 is 18.0. The van der Waals surface area contributed by atoms with Crippen LogP contribution in [-0.2, 0) is 16.1 Å². The first-order chi connectivity index (χ1) is 10.5. The summed E-state index contributed by atoms with van der Waals surface area (Å²) in [6.45, 7) is 1.84. The van der Waals surface area contributed by atoms with E-state index >= 15 is 0 Å². The maximum atomic E-state index is 12.9. The molecular weight excluding hydrogens is 328 g/mol. The van der Waals surface area contributed by atoms with E-state index in [0.717, 1.165) is 5.56 Å². The van der Waals surface area contributed by atoms with Crippen molar-refractivity contribution in [2.24, 2.45) is 0 Å². The van der Waals surface area contributed by atoms with Gasteiger partial charge in [0, 0.05) is 0 Å². The zero-order valence-corrected chi connectivity index (χ0v) is 13.4. The van der Waals surface area contributed by atoms with Gasteiger partial charge in [-0.25, -0.2) is 9.37 Å². The van der Waals surface area contributed by atoms with Crippen LogP contribution in [-0.4, -0.2) is 11.0 Å². The van der Waals surface area contributed by atoms with E-state index in [-0.39, 0.29) is 35.9 Å². The second kappa shape index (κ2) is 7.56. The average Bonchev–Trinajstić information content (AvgIpc) is 2.49. The van der Waals surface area contributed by atoms with Gasteiger partial charge < -0.3 is 4.74 Å². The molecule has 0 saturated heterocycles. The molecule has 1 heterocycles. The molecule has 0 fully saturated rings. The number of esters is 1. The minimum atomic E-state index is -0.380. The first-order valence-corrected chi connectivity index (χ1v) is 7.43. The van der Waals surface area contributed by atoms with E-state index in [2.05, 4.69) is 4.98 Å². The van der Waals surface area contributed by atoms with Crippen molar-refractivity contribution in [3.8, 4) is 0 Å². The first-order valence-electron chi connectivity index (χ1n) is 6.67. The highest BCUT2D eigenvalue weighted by atomic mass is 35.5. The van der Waals surface area contributed by atoms with Crippen molar-refractivity contribution in [2.45, 2.75) is 25.9 Å². The third kappa shape index (κ3) is 4.68. The number of hydrogen-bond donors (Lipinski definition) is 0. The lowest BCUT2D eigenvalue weighted by Gasteiger charge is -2.12. The zero-order chi connectivity index (χ0) is 16.1. The van der Waals surface area contributed by atoms with Crippen molar-refractivity contribution >= 4 is 29.2 Å². The lowest BCUT2D eigenvalue weighted by atomic mass is 9.98. The third-order valence-corrected chi connectivity index (χ3v) is 3.72. The smallest absolute Gasteiger partial charge is 0.306 e. The maximum absolute atomic E-state index is 12.9. The second-order valence-corrected chi connectivity index (χ2v) is 5.67. The molecule has 0 N–H and O–H groups in total. The molecule has 0 bridgehead atoms. The van der Waals surface area contributed by atoms with E-state index in [1.54, 1.807) is 24.3 Å². The van der Waals surface area contributed by atoms with Gasteiger partial charge in [-0.2, -0.15) is 0 Å². The topological polar surface area (TPSA) is 39.2 Å². The Labute approximate surface area is 138 Å². The van der Waals surface area contributed by atoms with Crippen molar-refractivity contribution < 1.29 is 13.9 Å². The molecule has 1 unspecified atom stereocenters. The van der Waals surface area contributed by atoms with Crippen LogP contribution in [0.25, 0.3) is 0 Å². The Balaban J connectivity index is 1.90. The van der Waals surface area contributed by atoms with Gasteiger partial charge in [0.1, 0.15) is 17.6 Å². The number of rotatable bonds is 5. The molecule has 22 heavy (non-hydrogen) atoms. The van der Waals surface area contributed by atoms with Crippen molar-refractivity contribution in [1.29, 1.82) is 0 Å². The van der Waals surface area contributed by atoms with Gasteiger partial charge in [0.25, 0.3) is 0 Å². The zero-order valence-electron chi connectivity index (χ0n) is 11.9. The summed E-state index contributed by atoms with van der Waals surface area (Å²) in [5.41, 5.74) is 1.29. The molecule has 2 aromatic rings. The molecule has 2 rings (SSSR count). The fourth-order valence-corrected chi connectivity index (χ4v) is 2.25. The lowest BCUT2D eigenvalue weighted by Crippen LogP contribution is -2.09. The largest absolute Gasteiger partial charge is 0.459 e. The summed E-state index contributed by atoms with van der Waals surface area (Å²) in [5, 5.41) is 0.680. The number of hydrogen-bond acceptors (Lipinski definition) is 3. The maximum Gasteiger partial charge on any atom is 0.306 e. The van der Waals surface area contributed by atoms with Crippen LogP contribution in [0.4, 0.5) is 4.39 Å². The Morgan fingerprint density at radius 3 is 2.59 bits per heavy atom. The van der Waals surface area contributed by atoms with E-state index in [1.807, 2.05) is 6.92 Å². The molecule has 0 radical (unpaired) electrons. The number of benzene rings is 1. The van der Waals surface area contributed by atoms with Gasteiger partial charge in [0.05, 0.1) is 17.1 Å². The van der Waals surface area contributed by atoms with Crippen LogP contribution >= 0.6 is 23.2 Å². The van der Waals surface area contributed by atoms with Gasteiger partial charge in [-0.15, -0.1) is 0 Å². The molecule has 0 aliphatic heterocycles. The summed E-state index contributed by atoms with van der Waals surface area (Å²) in [7, 11) is 0. The number of halogens is 3. The van der Waals surface area contributed by atoms with E-state index < -0.39 is 0 Å². The molecule has 0 spiro atoms. The van der Waals surface area contributed by atoms with E-state index in [9.17, 15) is 9.18 Å². The summed E-state index contributed by atoms with van der Waals surface area (Å²) in [6.07, 6.45) is 0.184. The van der Waals surface area contributed by atoms with Crippen LogP contribution in [0.15, 0.2) is 36.4 Å². The fourth-order valence-electron chi connectivity index (χ4n) is 1.93. The third-order valence-electron chi connectivity index (χ3n) is 3.17.